The van der Waals surface area contributed by atoms with Crippen LogP contribution in [0, 0.1) is 5.41 Å². The van der Waals surface area contributed by atoms with Crippen molar-refractivity contribution in [2.24, 2.45) is 5.41 Å². The minimum absolute atomic E-state index is 0.0158. The van der Waals surface area contributed by atoms with Crippen LogP contribution in [0.4, 0.5) is 0 Å². The van der Waals surface area contributed by atoms with Gasteiger partial charge in [0, 0.05) is 19.6 Å². The number of nitrogens with zero attached hydrogens (tertiary/aromatic N) is 1. The van der Waals surface area contributed by atoms with E-state index in [-0.39, 0.29) is 16.0 Å². The Morgan fingerprint density at radius 1 is 1.14 bits per heavy atom. The van der Waals surface area contributed by atoms with E-state index in [1.807, 2.05) is 0 Å². The lowest BCUT2D eigenvalue weighted by atomic mass is 9.82. The van der Waals surface area contributed by atoms with E-state index in [1.165, 1.54) is 20.2 Å². The maximum atomic E-state index is 11.9. The molecule has 0 fully saturated rings. The van der Waals surface area contributed by atoms with E-state index in [2.05, 4.69) is 39.9 Å². The summed E-state index contributed by atoms with van der Waals surface area (Å²) < 4.78 is 30.5. The lowest BCUT2D eigenvalue weighted by molar-refractivity contribution is 0.233. The summed E-state index contributed by atoms with van der Waals surface area (Å²) in [5.41, 5.74) is 0.171. The largest absolute Gasteiger partial charge is 0.447 e. The van der Waals surface area contributed by atoms with Gasteiger partial charge in [-0.05, 0) is 37.8 Å². The third kappa shape index (κ3) is 5.45. The molecule has 0 unspecified atom stereocenters. The number of hydrogen-bond acceptors (Lipinski definition) is 4. The predicted octanol–water partition coefficient (Wildman–Crippen LogP) is 2.83. The van der Waals surface area contributed by atoms with Crippen LogP contribution in [-0.4, -0.2) is 32.4 Å². The fourth-order valence-corrected chi connectivity index (χ4v) is 3.30. The molecule has 0 saturated heterocycles. The monoisotopic (exact) mass is 316 g/mol. The van der Waals surface area contributed by atoms with Crippen molar-refractivity contribution in [1.82, 2.24) is 9.62 Å². The maximum Gasteiger partial charge on any atom is 0.275 e. The van der Waals surface area contributed by atoms with Crippen LogP contribution in [0.1, 0.15) is 46.8 Å². The van der Waals surface area contributed by atoms with Crippen LogP contribution in [0.5, 0.6) is 0 Å². The van der Waals surface area contributed by atoms with E-state index in [1.54, 1.807) is 6.07 Å². The molecule has 0 bridgehead atoms. The molecule has 1 heterocycles. The van der Waals surface area contributed by atoms with E-state index in [0.717, 1.165) is 10.7 Å². The second kappa shape index (κ2) is 6.10. The molecular weight excluding hydrogens is 288 g/mol. The average molecular weight is 316 g/mol. The number of sulfonamides is 1. The summed E-state index contributed by atoms with van der Waals surface area (Å²) in [5, 5.41) is 3.41. The Morgan fingerprint density at radius 3 is 2.19 bits per heavy atom. The molecule has 0 aliphatic rings. The number of nitrogens with one attached hydrogen (secondary N) is 1. The van der Waals surface area contributed by atoms with E-state index in [4.69, 9.17) is 4.42 Å². The first-order valence-corrected chi connectivity index (χ1v) is 8.54. The average Bonchev–Trinajstić information content (AvgIpc) is 2.72. The SMILES string of the molecule is CN(C)S(=O)(=O)c1ccc(CNC(C)(C)CC(C)(C)C)o1. The summed E-state index contributed by atoms with van der Waals surface area (Å²) in [5.74, 6) is 0.623. The molecule has 0 aliphatic heterocycles. The highest BCUT2D eigenvalue weighted by atomic mass is 32.2. The Hall–Kier alpha value is -0.850. The first kappa shape index (κ1) is 18.2. The van der Waals surface area contributed by atoms with Gasteiger partial charge in [0.25, 0.3) is 10.0 Å². The third-order valence-electron chi connectivity index (χ3n) is 3.09. The molecule has 0 aromatic carbocycles. The molecular formula is C15H28N2O3S. The standard InChI is InChI=1S/C15H28N2O3S/c1-14(2,3)11-15(4,5)16-10-12-8-9-13(20-12)21(18,19)17(6)7/h8-9,16H,10-11H2,1-7H3. The van der Waals surface area contributed by atoms with E-state index < -0.39 is 10.0 Å². The van der Waals surface area contributed by atoms with E-state index in [9.17, 15) is 8.42 Å². The van der Waals surface area contributed by atoms with Gasteiger partial charge < -0.3 is 9.73 Å². The Labute approximate surface area is 128 Å². The molecule has 5 nitrogen and oxygen atoms in total. The molecule has 1 aromatic rings. The van der Waals surface area contributed by atoms with Gasteiger partial charge in [-0.1, -0.05) is 20.8 Å². The smallest absolute Gasteiger partial charge is 0.275 e. The van der Waals surface area contributed by atoms with Crippen molar-refractivity contribution in [2.75, 3.05) is 14.1 Å². The van der Waals surface area contributed by atoms with Crippen molar-refractivity contribution in [3.63, 3.8) is 0 Å². The summed E-state index contributed by atoms with van der Waals surface area (Å²) in [6.07, 6.45) is 1.00. The van der Waals surface area contributed by atoms with Gasteiger partial charge in [0.1, 0.15) is 5.76 Å². The molecule has 6 heteroatoms. The number of rotatable bonds is 6. The van der Waals surface area contributed by atoms with Crippen LogP contribution in [0.2, 0.25) is 0 Å². The molecule has 0 atom stereocenters. The van der Waals surface area contributed by atoms with Crippen LogP contribution in [0.15, 0.2) is 21.6 Å². The van der Waals surface area contributed by atoms with Gasteiger partial charge >= 0.3 is 0 Å². The fourth-order valence-electron chi connectivity index (χ4n) is 2.49. The van der Waals surface area contributed by atoms with Crippen LogP contribution in [0.3, 0.4) is 0 Å². The minimum Gasteiger partial charge on any atom is -0.447 e. The van der Waals surface area contributed by atoms with Crippen molar-refractivity contribution in [3.05, 3.63) is 17.9 Å². The second-order valence-electron chi connectivity index (χ2n) is 7.48. The van der Waals surface area contributed by atoms with Crippen molar-refractivity contribution >= 4 is 10.0 Å². The summed E-state index contributed by atoms with van der Waals surface area (Å²) in [4.78, 5) is 0. The molecule has 0 saturated carbocycles. The zero-order valence-corrected chi connectivity index (χ0v) is 15.0. The Morgan fingerprint density at radius 2 is 1.71 bits per heavy atom. The molecule has 1 N–H and O–H groups in total. The second-order valence-corrected chi connectivity index (χ2v) is 9.57. The zero-order chi connectivity index (χ0) is 16.5. The summed E-state index contributed by atoms with van der Waals surface area (Å²) >= 11 is 0. The van der Waals surface area contributed by atoms with Crippen molar-refractivity contribution in [2.45, 2.75) is 58.2 Å². The van der Waals surface area contributed by atoms with Crippen LogP contribution in [0.25, 0.3) is 0 Å². The number of hydrogen-bond donors (Lipinski definition) is 1. The zero-order valence-electron chi connectivity index (χ0n) is 14.1. The third-order valence-corrected chi connectivity index (χ3v) is 4.77. The van der Waals surface area contributed by atoms with Gasteiger partial charge in [0.15, 0.2) is 0 Å². The van der Waals surface area contributed by atoms with Gasteiger partial charge in [-0.25, -0.2) is 12.7 Å². The molecule has 1 rings (SSSR count). The topological polar surface area (TPSA) is 62.6 Å². The summed E-state index contributed by atoms with van der Waals surface area (Å²) in [6.45, 7) is 11.4. The van der Waals surface area contributed by atoms with Crippen molar-refractivity contribution in [1.29, 1.82) is 0 Å². The lowest BCUT2D eigenvalue weighted by Gasteiger charge is -2.33. The molecule has 0 spiro atoms. The molecule has 1 aromatic heterocycles. The molecule has 0 radical (unpaired) electrons. The quantitative estimate of drug-likeness (QED) is 0.876. The first-order valence-electron chi connectivity index (χ1n) is 7.10. The predicted molar refractivity (Wildman–Crippen MR) is 84.6 cm³/mol. The van der Waals surface area contributed by atoms with Crippen LogP contribution < -0.4 is 5.32 Å². The normalized spacial score (nSPS) is 13.9. The van der Waals surface area contributed by atoms with Crippen LogP contribution >= 0.6 is 0 Å². The van der Waals surface area contributed by atoms with E-state index in [0.29, 0.717) is 12.3 Å². The van der Waals surface area contributed by atoms with Gasteiger partial charge in [0.2, 0.25) is 5.09 Å². The van der Waals surface area contributed by atoms with Gasteiger partial charge in [-0.15, -0.1) is 0 Å². The Balaban J connectivity index is 2.73. The fraction of sp³-hybridized carbons (Fsp3) is 0.733. The molecule has 0 aliphatic carbocycles. The van der Waals surface area contributed by atoms with Gasteiger partial charge in [-0.3, -0.25) is 0 Å². The van der Waals surface area contributed by atoms with Crippen molar-refractivity contribution in [3.8, 4) is 0 Å². The van der Waals surface area contributed by atoms with Gasteiger partial charge in [-0.2, -0.15) is 0 Å². The van der Waals surface area contributed by atoms with E-state index >= 15 is 0 Å². The summed E-state index contributed by atoms with van der Waals surface area (Å²) in [6, 6.07) is 3.21. The Bertz CT molecular complexity index is 566. The highest BCUT2D eigenvalue weighted by molar-refractivity contribution is 7.88. The Kier molecular flexibility index (Phi) is 5.29. The van der Waals surface area contributed by atoms with Crippen LogP contribution in [-0.2, 0) is 16.6 Å². The highest BCUT2D eigenvalue weighted by Crippen LogP contribution is 2.27. The first-order chi connectivity index (χ1) is 9.33. The number of furan rings is 1. The van der Waals surface area contributed by atoms with Crippen molar-refractivity contribution < 1.29 is 12.8 Å². The maximum absolute atomic E-state index is 11.9. The molecule has 21 heavy (non-hydrogen) atoms. The minimum atomic E-state index is -3.50. The van der Waals surface area contributed by atoms with Gasteiger partial charge in [0.05, 0.1) is 6.54 Å². The molecule has 122 valence electrons. The summed E-state index contributed by atoms with van der Waals surface area (Å²) in [7, 11) is -0.523. The molecule has 0 amide bonds. The lowest BCUT2D eigenvalue weighted by Crippen LogP contribution is -2.41. The highest BCUT2D eigenvalue weighted by Gasteiger charge is 2.26.